The highest BCUT2D eigenvalue weighted by molar-refractivity contribution is 5.79. The van der Waals surface area contributed by atoms with Crippen LogP contribution in [-0.2, 0) is 9.59 Å². The van der Waals surface area contributed by atoms with E-state index in [1.807, 2.05) is 4.90 Å². The molecule has 0 aromatic heterocycles. The lowest BCUT2D eigenvalue weighted by atomic mass is 10.0. The van der Waals surface area contributed by atoms with Gasteiger partial charge in [0.2, 0.25) is 11.8 Å². The fourth-order valence-electron chi connectivity index (χ4n) is 2.20. The fourth-order valence-corrected chi connectivity index (χ4v) is 2.20. The summed E-state index contributed by atoms with van der Waals surface area (Å²) in [6, 6.07) is 0.250. The molecule has 0 aromatic carbocycles. The Morgan fingerprint density at radius 1 is 1.21 bits per heavy atom. The van der Waals surface area contributed by atoms with Crippen LogP contribution in [0.25, 0.3) is 0 Å². The Morgan fingerprint density at radius 2 is 2.07 bits per heavy atom. The van der Waals surface area contributed by atoms with Crippen LogP contribution in [0.15, 0.2) is 0 Å². The van der Waals surface area contributed by atoms with Gasteiger partial charge in [-0.05, 0) is 19.3 Å². The molecular weight excluding hydrogens is 180 g/mol. The number of hydrogen-bond acceptors (Lipinski definition) is 2. The SMILES string of the molecule is O=C1CCC(N2CCCCC2=O)CN1. The highest BCUT2D eigenvalue weighted by Crippen LogP contribution is 2.18. The van der Waals surface area contributed by atoms with E-state index in [2.05, 4.69) is 5.32 Å². The Morgan fingerprint density at radius 3 is 2.71 bits per heavy atom. The predicted octanol–water partition coefficient (Wildman–Crippen LogP) is 0.277. The van der Waals surface area contributed by atoms with Crippen molar-refractivity contribution < 1.29 is 9.59 Å². The highest BCUT2D eigenvalue weighted by atomic mass is 16.2. The Balaban J connectivity index is 1.93. The van der Waals surface area contributed by atoms with E-state index in [1.165, 1.54) is 0 Å². The minimum absolute atomic E-state index is 0.116. The summed E-state index contributed by atoms with van der Waals surface area (Å²) in [6.07, 6.45) is 4.21. The number of nitrogens with zero attached hydrogens (tertiary/aromatic N) is 1. The summed E-state index contributed by atoms with van der Waals surface area (Å²) in [5, 5.41) is 2.82. The summed E-state index contributed by atoms with van der Waals surface area (Å²) >= 11 is 0. The number of likely N-dealkylation sites (tertiary alicyclic amines) is 1. The van der Waals surface area contributed by atoms with Gasteiger partial charge in [-0.25, -0.2) is 0 Å². The molecule has 0 bridgehead atoms. The lowest BCUT2D eigenvalue weighted by Crippen LogP contribution is -2.51. The minimum atomic E-state index is 0.116. The van der Waals surface area contributed by atoms with Gasteiger partial charge < -0.3 is 10.2 Å². The molecule has 0 spiro atoms. The molecule has 0 aliphatic carbocycles. The van der Waals surface area contributed by atoms with E-state index in [9.17, 15) is 9.59 Å². The molecule has 2 aliphatic rings. The molecule has 4 heteroatoms. The van der Waals surface area contributed by atoms with Crippen molar-refractivity contribution in [2.75, 3.05) is 13.1 Å². The van der Waals surface area contributed by atoms with Crippen molar-refractivity contribution in [3.63, 3.8) is 0 Å². The maximum Gasteiger partial charge on any atom is 0.222 e. The number of amides is 2. The van der Waals surface area contributed by atoms with Crippen LogP contribution in [0.2, 0.25) is 0 Å². The second-order valence-corrected chi connectivity index (χ2v) is 4.04. The monoisotopic (exact) mass is 196 g/mol. The molecule has 1 N–H and O–H groups in total. The Kier molecular flexibility index (Phi) is 2.70. The van der Waals surface area contributed by atoms with Crippen LogP contribution in [0.3, 0.4) is 0 Å². The Hall–Kier alpha value is -1.06. The van der Waals surface area contributed by atoms with Crippen LogP contribution >= 0.6 is 0 Å². The van der Waals surface area contributed by atoms with Crippen LogP contribution in [0.5, 0.6) is 0 Å². The third kappa shape index (κ3) is 1.89. The van der Waals surface area contributed by atoms with Gasteiger partial charge in [-0.3, -0.25) is 9.59 Å². The summed E-state index contributed by atoms with van der Waals surface area (Å²) in [5.41, 5.74) is 0. The zero-order valence-corrected chi connectivity index (χ0v) is 8.29. The molecule has 14 heavy (non-hydrogen) atoms. The molecule has 1 unspecified atom stereocenters. The first-order valence-electron chi connectivity index (χ1n) is 5.33. The van der Waals surface area contributed by atoms with Crippen LogP contribution in [0.4, 0.5) is 0 Å². The summed E-state index contributed by atoms with van der Waals surface area (Å²) in [5.74, 6) is 0.378. The fraction of sp³-hybridized carbons (Fsp3) is 0.800. The largest absolute Gasteiger partial charge is 0.354 e. The van der Waals surface area contributed by atoms with Gasteiger partial charge in [0.05, 0.1) is 0 Å². The third-order valence-electron chi connectivity index (χ3n) is 3.04. The number of rotatable bonds is 1. The summed E-state index contributed by atoms with van der Waals surface area (Å²) in [7, 11) is 0. The lowest BCUT2D eigenvalue weighted by molar-refractivity contribution is -0.138. The molecule has 0 radical (unpaired) electrons. The molecule has 78 valence electrons. The van der Waals surface area contributed by atoms with Crippen molar-refractivity contribution in [3.8, 4) is 0 Å². The molecule has 0 aromatic rings. The Labute approximate surface area is 83.6 Å². The van der Waals surface area contributed by atoms with Crippen molar-refractivity contribution in [2.24, 2.45) is 0 Å². The molecule has 2 saturated heterocycles. The average Bonchev–Trinajstić information content (AvgIpc) is 2.20. The molecule has 1 atom stereocenters. The molecule has 2 aliphatic heterocycles. The van der Waals surface area contributed by atoms with Crippen molar-refractivity contribution in [1.82, 2.24) is 10.2 Å². The molecule has 2 fully saturated rings. The first-order valence-corrected chi connectivity index (χ1v) is 5.33. The van der Waals surface area contributed by atoms with Crippen molar-refractivity contribution in [1.29, 1.82) is 0 Å². The topological polar surface area (TPSA) is 49.4 Å². The van der Waals surface area contributed by atoms with Crippen LogP contribution in [0.1, 0.15) is 32.1 Å². The van der Waals surface area contributed by atoms with Gasteiger partial charge >= 0.3 is 0 Å². The maximum absolute atomic E-state index is 11.6. The quantitative estimate of drug-likeness (QED) is 0.654. The van der Waals surface area contributed by atoms with Gasteiger partial charge in [0.15, 0.2) is 0 Å². The predicted molar refractivity (Wildman–Crippen MR) is 51.6 cm³/mol. The lowest BCUT2D eigenvalue weighted by Gasteiger charge is -2.36. The highest BCUT2D eigenvalue weighted by Gasteiger charge is 2.28. The number of carbonyl (C=O) groups excluding carboxylic acids is 2. The van der Waals surface area contributed by atoms with Crippen LogP contribution in [0, 0.1) is 0 Å². The average molecular weight is 196 g/mol. The molecule has 2 heterocycles. The zero-order valence-electron chi connectivity index (χ0n) is 8.29. The second-order valence-electron chi connectivity index (χ2n) is 4.04. The van der Waals surface area contributed by atoms with E-state index >= 15 is 0 Å². The molecular formula is C10H16N2O2. The normalized spacial score (nSPS) is 28.9. The zero-order chi connectivity index (χ0) is 9.97. The number of hydrogen-bond donors (Lipinski definition) is 1. The maximum atomic E-state index is 11.6. The summed E-state index contributed by atoms with van der Waals surface area (Å²) in [4.78, 5) is 24.5. The van der Waals surface area contributed by atoms with E-state index in [0.29, 0.717) is 19.4 Å². The number of nitrogens with one attached hydrogen (secondary N) is 1. The summed E-state index contributed by atoms with van der Waals surface area (Å²) < 4.78 is 0. The first kappa shape index (κ1) is 9.49. The van der Waals surface area contributed by atoms with E-state index in [0.717, 1.165) is 25.8 Å². The first-order chi connectivity index (χ1) is 6.77. The molecule has 2 amide bonds. The standard InChI is InChI=1S/C10H16N2O2/c13-9-5-4-8(7-11-9)12-6-2-1-3-10(12)14/h8H,1-7H2,(H,11,13). The minimum Gasteiger partial charge on any atom is -0.354 e. The number of piperidine rings is 2. The van der Waals surface area contributed by atoms with Gasteiger partial charge in [0, 0.05) is 32.0 Å². The van der Waals surface area contributed by atoms with Gasteiger partial charge in [0.25, 0.3) is 0 Å². The third-order valence-corrected chi connectivity index (χ3v) is 3.04. The van der Waals surface area contributed by atoms with Gasteiger partial charge in [-0.1, -0.05) is 0 Å². The molecule has 4 nitrogen and oxygen atoms in total. The van der Waals surface area contributed by atoms with Crippen molar-refractivity contribution in [2.45, 2.75) is 38.1 Å². The number of carbonyl (C=O) groups is 2. The van der Waals surface area contributed by atoms with Crippen molar-refractivity contribution in [3.05, 3.63) is 0 Å². The van der Waals surface area contributed by atoms with Gasteiger partial charge in [0.1, 0.15) is 0 Å². The van der Waals surface area contributed by atoms with E-state index in [-0.39, 0.29) is 17.9 Å². The van der Waals surface area contributed by atoms with E-state index < -0.39 is 0 Å². The van der Waals surface area contributed by atoms with E-state index in [1.54, 1.807) is 0 Å². The Bertz CT molecular complexity index is 243. The van der Waals surface area contributed by atoms with Crippen molar-refractivity contribution >= 4 is 11.8 Å². The second kappa shape index (κ2) is 3.98. The van der Waals surface area contributed by atoms with Crippen LogP contribution in [-0.4, -0.2) is 35.8 Å². The van der Waals surface area contributed by atoms with Gasteiger partial charge in [-0.15, -0.1) is 0 Å². The molecule has 0 saturated carbocycles. The smallest absolute Gasteiger partial charge is 0.222 e. The van der Waals surface area contributed by atoms with Gasteiger partial charge in [-0.2, -0.15) is 0 Å². The summed E-state index contributed by atoms with van der Waals surface area (Å²) in [6.45, 7) is 1.52. The van der Waals surface area contributed by atoms with Crippen LogP contribution < -0.4 is 5.32 Å². The molecule has 2 rings (SSSR count). The van der Waals surface area contributed by atoms with E-state index in [4.69, 9.17) is 0 Å².